The van der Waals surface area contributed by atoms with Crippen molar-refractivity contribution >= 4 is 23.3 Å². The van der Waals surface area contributed by atoms with Crippen LogP contribution in [0.15, 0.2) is 23.4 Å². The molecule has 1 aliphatic heterocycles. The largest absolute Gasteiger partial charge is 0.480 e. The second-order valence-electron chi connectivity index (χ2n) is 3.41. The quantitative estimate of drug-likeness (QED) is 0.590. The standard InChI is InChI=1S/C10H10N4O4/c1-2-18-8-6-9(15)13(12-8)10-7(14(16)17)4-3-5-11-10/h3-5H,2,6H2,1H3. The van der Waals surface area contributed by atoms with E-state index in [0.717, 1.165) is 5.01 Å². The molecule has 0 N–H and O–H groups in total. The third-order valence-corrected chi connectivity index (χ3v) is 2.22. The van der Waals surface area contributed by atoms with Crippen molar-refractivity contribution in [3.63, 3.8) is 0 Å². The summed E-state index contributed by atoms with van der Waals surface area (Å²) in [5.74, 6) is -0.259. The number of nitrogens with zero attached hydrogens (tertiary/aromatic N) is 4. The lowest BCUT2D eigenvalue weighted by atomic mass is 10.3. The Morgan fingerprint density at radius 2 is 2.39 bits per heavy atom. The second-order valence-corrected chi connectivity index (χ2v) is 3.41. The van der Waals surface area contributed by atoms with Crippen molar-refractivity contribution in [2.24, 2.45) is 5.10 Å². The maximum atomic E-state index is 11.7. The smallest absolute Gasteiger partial charge is 0.313 e. The fourth-order valence-electron chi connectivity index (χ4n) is 1.51. The molecule has 0 bridgehead atoms. The van der Waals surface area contributed by atoms with Crippen LogP contribution in [-0.2, 0) is 9.53 Å². The van der Waals surface area contributed by atoms with E-state index >= 15 is 0 Å². The minimum Gasteiger partial charge on any atom is -0.480 e. The fraction of sp³-hybridized carbons (Fsp3) is 0.300. The molecule has 1 aromatic rings. The van der Waals surface area contributed by atoms with Crippen LogP contribution in [0.3, 0.4) is 0 Å². The Balaban J connectivity index is 2.37. The van der Waals surface area contributed by atoms with Gasteiger partial charge in [-0.05, 0) is 13.0 Å². The van der Waals surface area contributed by atoms with Gasteiger partial charge in [0.1, 0.15) is 6.42 Å². The zero-order valence-corrected chi connectivity index (χ0v) is 9.57. The zero-order valence-electron chi connectivity index (χ0n) is 9.57. The SMILES string of the molecule is CCOC1=NN(c2ncccc2[N+](=O)[O-])C(=O)C1. The summed E-state index contributed by atoms with van der Waals surface area (Å²) in [6.45, 7) is 2.14. The van der Waals surface area contributed by atoms with Crippen molar-refractivity contribution in [3.8, 4) is 0 Å². The third kappa shape index (κ3) is 2.12. The molecule has 0 saturated carbocycles. The Morgan fingerprint density at radius 3 is 3.06 bits per heavy atom. The van der Waals surface area contributed by atoms with E-state index in [1.165, 1.54) is 18.3 Å². The molecule has 8 nitrogen and oxygen atoms in total. The normalized spacial score (nSPS) is 14.6. The number of aromatic nitrogens is 1. The first-order valence-corrected chi connectivity index (χ1v) is 5.26. The van der Waals surface area contributed by atoms with Crippen molar-refractivity contribution in [2.45, 2.75) is 13.3 Å². The van der Waals surface area contributed by atoms with Crippen molar-refractivity contribution in [1.29, 1.82) is 0 Å². The van der Waals surface area contributed by atoms with Crippen LogP contribution in [-0.4, -0.2) is 28.3 Å². The molecule has 0 saturated heterocycles. The van der Waals surface area contributed by atoms with E-state index in [4.69, 9.17) is 4.74 Å². The van der Waals surface area contributed by atoms with E-state index in [9.17, 15) is 14.9 Å². The molecule has 18 heavy (non-hydrogen) atoms. The molecule has 2 heterocycles. The molecule has 0 aliphatic carbocycles. The summed E-state index contributed by atoms with van der Waals surface area (Å²) in [5.41, 5.74) is -0.271. The van der Waals surface area contributed by atoms with E-state index in [-0.39, 0.29) is 23.8 Å². The number of rotatable bonds is 3. The lowest BCUT2D eigenvalue weighted by molar-refractivity contribution is -0.384. The molecule has 1 amide bonds. The average Bonchev–Trinajstić information content (AvgIpc) is 2.70. The van der Waals surface area contributed by atoms with Gasteiger partial charge in [0.2, 0.25) is 11.7 Å². The molecule has 0 atom stereocenters. The van der Waals surface area contributed by atoms with E-state index in [1.54, 1.807) is 6.92 Å². The lowest BCUT2D eigenvalue weighted by Crippen LogP contribution is -2.21. The number of ether oxygens (including phenoxy) is 1. The molecule has 0 aromatic carbocycles. The van der Waals surface area contributed by atoms with Gasteiger partial charge in [0, 0.05) is 12.3 Å². The summed E-state index contributed by atoms with van der Waals surface area (Å²) < 4.78 is 5.12. The van der Waals surface area contributed by atoms with E-state index in [1.807, 2.05) is 0 Å². The fourth-order valence-corrected chi connectivity index (χ4v) is 1.51. The highest BCUT2D eigenvalue weighted by molar-refractivity contribution is 6.10. The van der Waals surface area contributed by atoms with Crippen LogP contribution in [0.1, 0.15) is 13.3 Å². The molecule has 1 aromatic heterocycles. The van der Waals surface area contributed by atoms with Gasteiger partial charge >= 0.3 is 5.69 Å². The van der Waals surface area contributed by atoms with Crippen LogP contribution in [0.25, 0.3) is 0 Å². The maximum Gasteiger partial charge on any atom is 0.313 e. The highest BCUT2D eigenvalue weighted by atomic mass is 16.6. The van der Waals surface area contributed by atoms with Gasteiger partial charge in [0.15, 0.2) is 0 Å². The average molecular weight is 250 g/mol. The molecule has 0 radical (unpaired) electrons. The van der Waals surface area contributed by atoms with Crippen molar-refractivity contribution in [1.82, 2.24) is 4.98 Å². The molecular weight excluding hydrogens is 240 g/mol. The molecule has 8 heteroatoms. The van der Waals surface area contributed by atoms with Gasteiger partial charge in [-0.2, -0.15) is 5.01 Å². The number of carbonyl (C=O) groups excluding carboxylic acids is 1. The molecule has 1 aliphatic rings. The van der Waals surface area contributed by atoms with Crippen LogP contribution in [0.5, 0.6) is 0 Å². The summed E-state index contributed by atoms with van der Waals surface area (Å²) in [5, 5.41) is 15.6. The van der Waals surface area contributed by atoms with Crippen LogP contribution in [0, 0.1) is 10.1 Å². The number of anilines is 1. The molecule has 0 fully saturated rings. The summed E-state index contributed by atoms with van der Waals surface area (Å²) >= 11 is 0. The minimum atomic E-state index is -0.607. The summed E-state index contributed by atoms with van der Waals surface area (Å²) in [6, 6.07) is 2.69. The zero-order chi connectivity index (χ0) is 13.1. The van der Waals surface area contributed by atoms with Crippen molar-refractivity contribution in [2.75, 3.05) is 11.6 Å². The summed E-state index contributed by atoms with van der Waals surface area (Å²) in [4.78, 5) is 25.8. The first kappa shape index (κ1) is 12.0. The number of pyridine rings is 1. The van der Waals surface area contributed by atoms with Crippen molar-refractivity contribution in [3.05, 3.63) is 28.4 Å². The Bertz CT molecular complexity index is 528. The van der Waals surface area contributed by atoms with Gasteiger partial charge in [-0.1, -0.05) is 0 Å². The predicted molar refractivity (Wildman–Crippen MR) is 62.1 cm³/mol. The Hall–Kier alpha value is -2.51. The van der Waals surface area contributed by atoms with Crippen LogP contribution in [0.2, 0.25) is 0 Å². The molecular formula is C10H10N4O4. The van der Waals surface area contributed by atoms with Gasteiger partial charge < -0.3 is 4.74 Å². The Morgan fingerprint density at radius 1 is 1.61 bits per heavy atom. The van der Waals surface area contributed by atoms with E-state index in [2.05, 4.69) is 10.1 Å². The Kier molecular flexibility index (Phi) is 3.18. The molecule has 0 unspecified atom stereocenters. The first-order chi connectivity index (χ1) is 8.63. The number of carbonyl (C=O) groups is 1. The number of amides is 1. The van der Waals surface area contributed by atoms with E-state index < -0.39 is 10.8 Å². The first-order valence-electron chi connectivity index (χ1n) is 5.26. The molecule has 0 spiro atoms. The van der Waals surface area contributed by atoms with Crippen molar-refractivity contribution < 1.29 is 14.5 Å². The van der Waals surface area contributed by atoms with Gasteiger partial charge in [-0.15, -0.1) is 5.10 Å². The second kappa shape index (κ2) is 4.78. The van der Waals surface area contributed by atoms with Crippen LogP contribution >= 0.6 is 0 Å². The number of nitro groups is 1. The number of hydrazone groups is 1. The van der Waals surface area contributed by atoms with Gasteiger partial charge in [0.05, 0.1) is 11.5 Å². The minimum absolute atomic E-state index is 0.0123. The number of hydrogen-bond acceptors (Lipinski definition) is 6. The topological polar surface area (TPSA) is 97.9 Å². The third-order valence-electron chi connectivity index (χ3n) is 2.22. The van der Waals surface area contributed by atoms with Crippen LogP contribution < -0.4 is 5.01 Å². The highest BCUT2D eigenvalue weighted by Crippen LogP contribution is 2.28. The van der Waals surface area contributed by atoms with Gasteiger partial charge in [-0.25, -0.2) is 4.98 Å². The van der Waals surface area contributed by atoms with Crippen LogP contribution in [0.4, 0.5) is 11.5 Å². The summed E-state index contributed by atoms with van der Waals surface area (Å²) in [6.07, 6.45) is 1.35. The highest BCUT2D eigenvalue weighted by Gasteiger charge is 2.32. The number of hydrogen-bond donors (Lipinski definition) is 0. The maximum absolute atomic E-state index is 11.7. The molecule has 94 valence electrons. The lowest BCUT2D eigenvalue weighted by Gasteiger charge is -2.09. The Labute approximate surface area is 102 Å². The van der Waals surface area contributed by atoms with Gasteiger partial charge in [0.25, 0.3) is 5.91 Å². The predicted octanol–water partition coefficient (Wildman–Crippen LogP) is 1.08. The monoisotopic (exact) mass is 250 g/mol. The van der Waals surface area contributed by atoms with Gasteiger partial charge in [-0.3, -0.25) is 14.9 Å². The summed E-state index contributed by atoms with van der Waals surface area (Å²) in [7, 11) is 0. The van der Waals surface area contributed by atoms with E-state index in [0.29, 0.717) is 6.61 Å². The molecule has 2 rings (SSSR count).